The van der Waals surface area contributed by atoms with E-state index in [0.29, 0.717) is 25.7 Å². The van der Waals surface area contributed by atoms with Crippen molar-refractivity contribution in [1.29, 1.82) is 0 Å². The van der Waals surface area contributed by atoms with E-state index in [1.165, 1.54) is 257 Å². The number of aliphatic hydroxyl groups excluding tert-OH is 1. The third-order valence-electron chi connectivity index (χ3n) is 19.0. The summed E-state index contributed by atoms with van der Waals surface area (Å²) in [6.07, 6.45) is 65.0. The van der Waals surface area contributed by atoms with Crippen LogP contribution in [0.5, 0.6) is 0 Å². The van der Waals surface area contributed by atoms with Crippen LogP contribution in [0.15, 0.2) is 0 Å². The third-order valence-corrected chi connectivity index (χ3v) is 20.9. The molecule has 0 aliphatic rings. The number of esters is 4. The SMILES string of the molecule is CCCCCCCCCCCCCCCCCCCC(=O)OC[C@H](COP(=O)(O)OC[C@@H](O)COP(=O)(O)OC[C@@H](COC(=O)CCCCCCCCCCCCC)OC(=O)CCCCCCCCCCCCCCCC)OC(=O)CCCCCCCCCCCCCCCCCC(C)C. The van der Waals surface area contributed by atoms with Gasteiger partial charge in [-0.1, -0.05) is 381 Å². The van der Waals surface area contributed by atoms with Crippen LogP contribution in [0.4, 0.5) is 0 Å². The van der Waals surface area contributed by atoms with Crippen molar-refractivity contribution in [2.75, 3.05) is 39.6 Å². The van der Waals surface area contributed by atoms with E-state index >= 15 is 0 Å². The molecular formula is C81H158O17P2. The Morgan fingerprint density at radius 1 is 0.270 bits per heavy atom. The molecule has 17 nitrogen and oxygen atoms in total. The first-order chi connectivity index (χ1) is 48.5. The first-order valence-electron chi connectivity index (χ1n) is 42.1. The highest BCUT2D eigenvalue weighted by molar-refractivity contribution is 7.47. The highest BCUT2D eigenvalue weighted by atomic mass is 31.2. The number of carbonyl (C=O) groups is 4. The standard InChI is InChI=1S/C81H158O17P2/c1-6-9-12-15-18-21-24-26-28-29-32-36-40-45-50-55-60-65-79(84)92-71-77(98-81(86)67-62-57-52-47-42-37-33-30-31-34-39-43-48-53-58-63-74(4)5)73-96-100(89,90)94-69-75(82)68-93-99(87,88)95-72-76(70-91-78(83)64-59-54-49-44-38-23-20-17-14-11-8-3)97-80(85)66-61-56-51-46-41-35-27-25-22-19-16-13-10-7-2/h74-77,82H,6-73H2,1-5H3,(H,87,88)(H,89,90)/t75-,76+,77+/m0/s1. The monoisotopic (exact) mass is 1470 g/mol. The second kappa shape index (κ2) is 73.9. The molecule has 0 saturated heterocycles. The largest absolute Gasteiger partial charge is 0.472 e. The summed E-state index contributed by atoms with van der Waals surface area (Å²) in [7, 11) is -9.92. The van der Waals surface area contributed by atoms with Gasteiger partial charge in [-0.2, -0.15) is 0 Å². The van der Waals surface area contributed by atoms with Crippen LogP contribution >= 0.6 is 15.6 Å². The lowest BCUT2D eigenvalue weighted by Gasteiger charge is -2.21. The minimum absolute atomic E-state index is 0.109. The quantitative estimate of drug-likeness (QED) is 0.0222. The second-order valence-electron chi connectivity index (χ2n) is 29.6. The first kappa shape index (κ1) is 98.1. The molecule has 0 radical (unpaired) electrons. The molecule has 0 aromatic carbocycles. The molecule has 0 aromatic rings. The van der Waals surface area contributed by atoms with Gasteiger partial charge in [-0.25, -0.2) is 9.13 Å². The van der Waals surface area contributed by atoms with Crippen molar-refractivity contribution in [3.63, 3.8) is 0 Å². The molecule has 594 valence electrons. The van der Waals surface area contributed by atoms with E-state index < -0.39 is 97.5 Å². The van der Waals surface area contributed by atoms with E-state index in [9.17, 15) is 43.2 Å². The van der Waals surface area contributed by atoms with Gasteiger partial charge in [-0.15, -0.1) is 0 Å². The zero-order valence-corrected chi connectivity index (χ0v) is 67.1. The molecule has 3 N–H and O–H groups in total. The van der Waals surface area contributed by atoms with Gasteiger partial charge < -0.3 is 33.8 Å². The summed E-state index contributed by atoms with van der Waals surface area (Å²) in [4.78, 5) is 73.0. The van der Waals surface area contributed by atoms with Gasteiger partial charge in [0.2, 0.25) is 0 Å². The Kier molecular flexibility index (Phi) is 72.5. The average molecular weight is 1470 g/mol. The number of hydrogen-bond acceptors (Lipinski definition) is 15. The van der Waals surface area contributed by atoms with Crippen molar-refractivity contribution in [2.24, 2.45) is 5.92 Å². The van der Waals surface area contributed by atoms with Gasteiger partial charge in [0.25, 0.3) is 0 Å². The average Bonchev–Trinajstić information content (AvgIpc) is 1.58. The van der Waals surface area contributed by atoms with Crippen LogP contribution in [-0.2, 0) is 65.4 Å². The van der Waals surface area contributed by atoms with Gasteiger partial charge in [0, 0.05) is 25.7 Å². The number of hydrogen-bond donors (Lipinski definition) is 3. The van der Waals surface area contributed by atoms with Crippen molar-refractivity contribution in [2.45, 2.75) is 451 Å². The van der Waals surface area contributed by atoms with Crippen LogP contribution in [0.2, 0.25) is 0 Å². The number of rotatable bonds is 81. The smallest absolute Gasteiger partial charge is 0.462 e. The van der Waals surface area contributed by atoms with Gasteiger partial charge in [-0.3, -0.25) is 37.3 Å². The lowest BCUT2D eigenvalue weighted by atomic mass is 10.0. The summed E-state index contributed by atoms with van der Waals surface area (Å²) in [6.45, 7) is 7.36. The summed E-state index contributed by atoms with van der Waals surface area (Å²) < 4.78 is 68.7. The van der Waals surface area contributed by atoms with Crippen LogP contribution in [0.1, 0.15) is 433 Å². The fourth-order valence-corrected chi connectivity index (χ4v) is 14.2. The summed E-state index contributed by atoms with van der Waals surface area (Å²) in [5.41, 5.74) is 0. The van der Waals surface area contributed by atoms with Crippen molar-refractivity contribution in [3.8, 4) is 0 Å². The highest BCUT2D eigenvalue weighted by Crippen LogP contribution is 2.45. The highest BCUT2D eigenvalue weighted by Gasteiger charge is 2.30. The van der Waals surface area contributed by atoms with Gasteiger partial charge in [0.1, 0.15) is 19.3 Å². The number of phosphoric ester groups is 2. The Labute approximate surface area is 613 Å². The number of aliphatic hydroxyl groups is 1. The molecule has 0 aliphatic heterocycles. The summed E-state index contributed by atoms with van der Waals surface area (Å²) in [5.74, 6) is -1.30. The Balaban J connectivity index is 5.25. The van der Waals surface area contributed by atoms with E-state index in [-0.39, 0.29) is 25.7 Å². The van der Waals surface area contributed by atoms with Crippen LogP contribution < -0.4 is 0 Å². The topological polar surface area (TPSA) is 237 Å². The molecule has 19 heteroatoms. The molecule has 0 aromatic heterocycles. The minimum Gasteiger partial charge on any atom is -0.462 e. The van der Waals surface area contributed by atoms with Crippen LogP contribution in [-0.4, -0.2) is 96.7 Å². The van der Waals surface area contributed by atoms with Crippen molar-refractivity contribution in [3.05, 3.63) is 0 Å². The maximum absolute atomic E-state index is 13.1. The predicted octanol–water partition coefficient (Wildman–Crippen LogP) is 24.4. The second-order valence-corrected chi connectivity index (χ2v) is 32.5. The zero-order valence-electron chi connectivity index (χ0n) is 65.3. The molecule has 5 atom stereocenters. The molecule has 0 fully saturated rings. The Morgan fingerprint density at radius 2 is 0.460 bits per heavy atom. The first-order valence-corrected chi connectivity index (χ1v) is 45.1. The van der Waals surface area contributed by atoms with Gasteiger partial charge in [0.05, 0.1) is 26.4 Å². The van der Waals surface area contributed by atoms with E-state index in [4.69, 9.17) is 37.0 Å². The lowest BCUT2D eigenvalue weighted by Crippen LogP contribution is -2.30. The summed E-state index contributed by atoms with van der Waals surface area (Å²) >= 11 is 0. The lowest BCUT2D eigenvalue weighted by molar-refractivity contribution is -0.161. The Bertz CT molecular complexity index is 1910. The van der Waals surface area contributed by atoms with E-state index in [1.54, 1.807) is 0 Å². The van der Waals surface area contributed by atoms with Gasteiger partial charge >= 0.3 is 39.5 Å². The molecular weight excluding hydrogens is 1310 g/mol. The number of unbranched alkanes of at least 4 members (excludes halogenated alkanes) is 53. The third kappa shape index (κ3) is 74.3. The molecule has 0 aliphatic carbocycles. The number of phosphoric acid groups is 2. The molecule has 0 heterocycles. The molecule has 2 unspecified atom stereocenters. The van der Waals surface area contributed by atoms with Crippen molar-refractivity contribution >= 4 is 39.5 Å². The van der Waals surface area contributed by atoms with Gasteiger partial charge in [-0.05, 0) is 31.6 Å². The molecule has 0 saturated carbocycles. The van der Waals surface area contributed by atoms with Crippen LogP contribution in [0.3, 0.4) is 0 Å². The zero-order chi connectivity index (χ0) is 73.4. The Hall–Kier alpha value is -1.94. The predicted molar refractivity (Wildman–Crippen MR) is 409 cm³/mol. The van der Waals surface area contributed by atoms with Crippen LogP contribution in [0, 0.1) is 5.92 Å². The van der Waals surface area contributed by atoms with Crippen molar-refractivity contribution in [1.82, 2.24) is 0 Å². The maximum Gasteiger partial charge on any atom is 0.472 e. The van der Waals surface area contributed by atoms with E-state index in [1.807, 2.05) is 0 Å². The fraction of sp³-hybridized carbons (Fsp3) is 0.951. The number of ether oxygens (including phenoxy) is 4. The maximum atomic E-state index is 13.1. The minimum atomic E-state index is -4.96. The molecule has 0 spiro atoms. The molecule has 0 bridgehead atoms. The fourth-order valence-electron chi connectivity index (χ4n) is 12.6. The number of carbonyl (C=O) groups excluding carboxylic acids is 4. The summed E-state index contributed by atoms with van der Waals surface area (Å²) in [6, 6.07) is 0. The Morgan fingerprint density at radius 3 is 0.680 bits per heavy atom. The molecule has 100 heavy (non-hydrogen) atoms. The summed E-state index contributed by atoms with van der Waals surface area (Å²) in [5, 5.41) is 10.6. The molecule has 0 amide bonds. The normalized spacial score (nSPS) is 13.8. The van der Waals surface area contributed by atoms with Crippen molar-refractivity contribution < 1.29 is 80.2 Å². The van der Waals surface area contributed by atoms with Crippen LogP contribution in [0.25, 0.3) is 0 Å². The van der Waals surface area contributed by atoms with Gasteiger partial charge in [0.15, 0.2) is 12.2 Å². The van der Waals surface area contributed by atoms with E-state index in [2.05, 4.69) is 34.6 Å². The van der Waals surface area contributed by atoms with E-state index in [0.717, 1.165) is 95.8 Å². The molecule has 0 rings (SSSR count).